The number of amides is 1. The maximum Gasteiger partial charge on any atom is 0.220 e. The molecule has 3 heterocycles. The zero-order valence-corrected chi connectivity index (χ0v) is 9.00. The Morgan fingerprint density at radius 1 is 1.53 bits per heavy atom. The summed E-state index contributed by atoms with van der Waals surface area (Å²) >= 11 is 0. The van der Waals surface area contributed by atoms with E-state index in [0.717, 1.165) is 6.42 Å². The molecule has 0 spiro atoms. The van der Waals surface area contributed by atoms with E-state index in [4.69, 9.17) is 0 Å². The first-order valence-electron chi connectivity index (χ1n) is 5.38. The van der Waals surface area contributed by atoms with Crippen LogP contribution in [0.25, 0.3) is 5.65 Å². The van der Waals surface area contributed by atoms with Crippen LogP contribution >= 0.6 is 0 Å². The lowest BCUT2D eigenvalue weighted by Crippen LogP contribution is -2.32. The molecule has 0 aromatic carbocycles. The van der Waals surface area contributed by atoms with Gasteiger partial charge in [0.2, 0.25) is 5.91 Å². The van der Waals surface area contributed by atoms with Gasteiger partial charge in [-0.2, -0.15) is 4.52 Å². The second-order valence-corrected chi connectivity index (χ2v) is 3.93. The molecule has 1 amide bonds. The maximum atomic E-state index is 11.0. The third kappa shape index (κ3) is 1.88. The second kappa shape index (κ2) is 3.96. The fourth-order valence-electron chi connectivity index (χ4n) is 1.85. The number of carbonyl (C=O) groups excluding carboxylic acids is 1. The van der Waals surface area contributed by atoms with E-state index in [2.05, 4.69) is 31.1 Å². The predicted octanol–water partition coefficient (Wildman–Crippen LogP) is -0.790. The standard InChI is InChI=1S/C9H11N7O/c17-9-2-1-6(12-9)3-11-7-4-10-5-8-13-14-15-16(7)8/h4-6,11H,1-3H2,(H,12,17). The molecule has 1 unspecified atom stereocenters. The first-order chi connectivity index (χ1) is 8.33. The smallest absolute Gasteiger partial charge is 0.220 e. The molecule has 0 radical (unpaired) electrons. The van der Waals surface area contributed by atoms with Crippen molar-refractivity contribution >= 4 is 17.4 Å². The highest BCUT2D eigenvalue weighted by Crippen LogP contribution is 2.09. The molecule has 88 valence electrons. The molecule has 2 N–H and O–H groups in total. The number of hydrogen-bond acceptors (Lipinski definition) is 6. The Kier molecular flexibility index (Phi) is 2.32. The number of nitrogens with zero attached hydrogens (tertiary/aromatic N) is 5. The maximum absolute atomic E-state index is 11.0. The molecule has 8 heteroatoms. The van der Waals surface area contributed by atoms with E-state index in [1.54, 1.807) is 16.9 Å². The Morgan fingerprint density at radius 3 is 3.29 bits per heavy atom. The molecular formula is C9H11N7O. The summed E-state index contributed by atoms with van der Waals surface area (Å²) in [6, 6.07) is 0.161. The van der Waals surface area contributed by atoms with Gasteiger partial charge in [0.1, 0.15) is 5.82 Å². The Balaban J connectivity index is 1.72. The molecule has 3 rings (SSSR count). The summed E-state index contributed by atoms with van der Waals surface area (Å²) in [5.74, 6) is 0.823. The normalized spacial score (nSPS) is 19.5. The molecule has 17 heavy (non-hydrogen) atoms. The van der Waals surface area contributed by atoms with E-state index in [1.165, 1.54) is 0 Å². The third-order valence-corrected chi connectivity index (χ3v) is 2.72. The SMILES string of the molecule is O=C1CCC(CNc2cncc3nnnn23)N1. The molecule has 0 bridgehead atoms. The summed E-state index contributed by atoms with van der Waals surface area (Å²) in [4.78, 5) is 15.1. The summed E-state index contributed by atoms with van der Waals surface area (Å²) < 4.78 is 1.57. The van der Waals surface area contributed by atoms with Crippen LogP contribution in [0.15, 0.2) is 12.4 Å². The van der Waals surface area contributed by atoms with Crippen molar-refractivity contribution in [1.29, 1.82) is 0 Å². The van der Waals surface area contributed by atoms with Crippen LogP contribution in [0.5, 0.6) is 0 Å². The number of fused-ring (bicyclic) bond motifs is 1. The van der Waals surface area contributed by atoms with Crippen molar-refractivity contribution < 1.29 is 4.79 Å². The predicted molar refractivity (Wildman–Crippen MR) is 58.2 cm³/mol. The minimum absolute atomic E-state index is 0.107. The summed E-state index contributed by atoms with van der Waals surface area (Å²) in [5, 5.41) is 17.3. The van der Waals surface area contributed by atoms with Gasteiger partial charge in [0.25, 0.3) is 0 Å². The summed E-state index contributed by atoms with van der Waals surface area (Å²) in [5.41, 5.74) is 0.588. The number of aromatic nitrogens is 5. The Labute approximate surface area is 96.4 Å². The molecule has 1 saturated heterocycles. The fraction of sp³-hybridized carbons (Fsp3) is 0.444. The average molecular weight is 233 g/mol. The number of carbonyl (C=O) groups is 1. The van der Waals surface area contributed by atoms with Crippen LogP contribution in [-0.4, -0.2) is 43.5 Å². The van der Waals surface area contributed by atoms with Crippen molar-refractivity contribution in [2.24, 2.45) is 0 Å². The second-order valence-electron chi connectivity index (χ2n) is 3.93. The van der Waals surface area contributed by atoms with E-state index in [0.29, 0.717) is 24.4 Å². The van der Waals surface area contributed by atoms with Crippen LogP contribution in [0.2, 0.25) is 0 Å². The monoisotopic (exact) mass is 233 g/mol. The summed E-state index contributed by atoms with van der Waals surface area (Å²) in [6.45, 7) is 0.645. The number of tetrazole rings is 1. The zero-order chi connectivity index (χ0) is 11.7. The topological polar surface area (TPSA) is 97.1 Å². The van der Waals surface area contributed by atoms with Crippen molar-refractivity contribution in [3.63, 3.8) is 0 Å². The summed E-state index contributed by atoms with van der Waals surface area (Å²) in [7, 11) is 0. The lowest BCUT2D eigenvalue weighted by atomic mass is 10.2. The van der Waals surface area contributed by atoms with Gasteiger partial charge in [0.15, 0.2) is 5.65 Å². The van der Waals surface area contributed by atoms with E-state index >= 15 is 0 Å². The summed E-state index contributed by atoms with van der Waals surface area (Å²) in [6.07, 6.45) is 4.69. The quantitative estimate of drug-likeness (QED) is 0.721. The van der Waals surface area contributed by atoms with Gasteiger partial charge in [0, 0.05) is 19.0 Å². The van der Waals surface area contributed by atoms with E-state index < -0.39 is 0 Å². The highest BCUT2D eigenvalue weighted by Gasteiger charge is 2.20. The van der Waals surface area contributed by atoms with Crippen LogP contribution in [-0.2, 0) is 4.79 Å². The molecule has 1 aliphatic rings. The van der Waals surface area contributed by atoms with Gasteiger partial charge in [-0.05, 0) is 16.8 Å². The minimum Gasteiger partial charge on any atom is -0.367 e. The lowest BCUT2D eigenvalue weighted by molar-refractivity contribution is -0.119. The number of hydrogen-bond donors (Lipinski definition) is 2. The molecule has 1 aliphatic heterocycles. The van der Waals surface area contributed by atoms with Gasteiger partial charge in [0.05, 0.1) is 12.4 Å². The number of anilines is 1. The highest BCUT2D eigenvalue weighted by molar-refractivity contribution is 5.78. The first-order valence-corrected chi connectivity index (χ1v) is 5.38. The Hall–Kier alpha value is -2.25. The molecule has 0 aliphatic carbocycles. The Morgan fingerprint density at radius 2 is 2.47 bits per heavy atom. The van der Waals surface area contributed by atoms with E-state index in [9.17, 15) is 4.79 Å². The van der Waals surface area contributed by atoms with Crippen LogP contribution in [0.1, 0.15) is 12.8 Å². The van der Waals surface area contributed by atoms with Gasteiger partial charge in [-0.15, -0.1) is 5.10 Å². The molecular weight excluding hydrogens is 222 g/mol. The van der Waals surface area contributed by atoms with E-state index in [-0.39, 0.29) is 11.9 Å². The van der Waals surface area contributed by atoms with Crippen molar-refractivity contribution in [2.75, 3.05) is 11.9 Å². The largest absolute Gasteiger partial charge is 0.367 e. The van der Waals surface area contributed by atoms with E-state index in [1.807, 2.05) is 0 Å². The first kappa shape index (κ1) is 9.94. The van der Waals surface area contributed by atoms with Crippen LogP contribution in [0.4, 0.5) is 5.82 Å². The highest BCUT2D eigenvalue weighted by atomic mass is 16.1. The van der Waals surface area contributed by atoms with Gasteiger partial charge in [-0.3, -0.25) is 9.78 Å². The molecule has 0 saturated carbocycles. The van der Waals surface area contributed by atoms with Crippen molar-refractivity contribution in [2.45, 2.75) is 18.9 Å². The van der Waals surface area contributed by atoms with Gasteiger partial charge < -0.3 is 10.6 Å². The third-order valence-electron chi connectivity index (χ3n) is 2.72. The minimum atomic E-state index is 0.107. The molecule has 2 aromatic heterocycles. The van der Waals surface area contributed by atoms with Crippen molar-refractivity contribution in [3.8, 4) is 0 Å². The van der Waals surface area contributed by atoms with Crippen LogP contribution in [0.3, 0.4) is 0 Å². The average Bonchev–Trinajstić information content (AvgIpc) is 2.94. The van der Waals surface area contributed by atoms with Gasteiger partial charge in [-0.1, -0.05) is 0 Å². The van der Waals surface area contributed by atoms with Gasteiger partial charge >= 0.3 is 0 Å². The zero-order valence-electron chi connectivity index (χ0n) is 9.00. The lowest BCUT2D eigenvalue weighted by Gasteiger charge is -2.12. The number of nitrogens with one attached hydrogen (secondary N) is 2. The Bertz CT molecular complexity index is 551. The van der Waals surface area contributed by atoms with Crippen LogP contribution in [0, 0.1) is 0 Å². The molecule has 8 nitrogen and oxygen atoms in total. The van der Waals surface area contributed by atoms with Gasteiger partial charge in [-0.25, -0.2) is 0 Å². The molecule has 1 fully saturated rings. The molecule has 1 atom stereocenters. The number of rotatable bonds is 3. The van der Waals surface area contributed by atoms with Crippen molar-refractivity contribution in [1.82, 2.24) is 30.3 Å². The fourth-order valence-corrected chi connectivity index (χ4v) is 1.85. The van der Waals surface area contributed by atoms with Crippen LogP contribution < -0.4 is 10.6 Å². The molecule has 2 aromatic rings. The van der Waals surface area contributed by atoms with Crippen molar-refractivity contribution in [3.05, 3.63) is 12.4 Å².